The molecular weight excluding hydrogens is 322 g/mol. The van der Waals surface area contributed by atoms with Gasteiger partial charge in [0.05, 0.1) is 43.9 Å². The van der Waals surface area contributed by atoms with E-state index in [4.69, 9.17) is 9.47 Å². The summed E-state index contributed by atoms with van der Waals surface area (Å²) in [7, 11) is 3.24. The third kappa shape index (κ3) is 3.85. The van der Waals surface area contributed by atoms with Crippen LogP contribution in [0.4, 0.5) is 16.2 Å². The number of nitrogens with one attached hydrogen (secondary N) is 2. The fraction of sp³-hybridized carbons (Fsp3) is 0.412. The molecule has 8 nitrogen and oxygen atoms in total. The van der Waals surface area contributed by atoms with Crippen molar-refractivity contribution in [2.24, 2.45) is 0 Å². The number of anilines is 2. The molecule has 0 atom stereocenters. The van der Waals surface area contributed by atoms with Gasteiger partial charge in [0.25, 0.3) is 0 Å². The van der Waals surface area contributed by atoms with Crippen molar-refractivity contribution in [3.63, 3.8) is 0 Å². The zero-order chi connectivity index (χ0) is 17.6. The Labute approximate surface area is 146 Å². The lowest BCUT2D eigenvalue weighted by Gasteiger charge is -2.32. The highest BCUT2D eigenvalue weighted by molar-refractivity contribution is 5.92. The summed E-state index contributed by atoms with van der Waals surface area (Å²) in [6.45, 7) is 3.00. The van der Waals surface area contributed by atoms with Crippen molar-refractivity contribution in [3.8, 4) is 5.75 Å². The Morgan fingerprint density at radius 2 is 2.40 bits per heavy atom. The number of imidazole rings is 1. The number of carbonyl (C=O) groups is 1. The average molecular weight is 345 g/mol. The van der Waals surface area contributed by atoms with Crippen LogP contribution in [0.25, 0.3) is 0 Å². The molecule has 0 fully saturated rings. The summed E-state index contributed by atoms with van der Waals surface area (Å²) in [5, 5.41) is 2.67. The van der Waals surface area contributed by atoms with Gasteiger partial charge in [-0.3, -0.25) is 4.90 Å². The predicted octanol–water partition coefficient (Wildman–Crippen LogP) is 1.60. The van der Waals surface area contributed by atoms with E-state index < -0.39 is 0 Å². The van der Waals surface area contributed by atoms with E-state index in [1.807, 2.05) is 24.4 Å². The molecule has 1 aromatic heterocycles. The number of fused-ring (bicyclic) bond motifs is 1. The lowest BCUT2D eigenvalue weighted by Crippen LogP contribution is -2.40. The monoisotopic (exact) mass is 345 g/mol. The van der Waals surface area contributed by atoms with Crippen LogP contribution in [0.3, 0.4) is 0 Å². The van der Waals surface area contributed by atoms with Gasteiger partial charge < -0.3 is 24.7 Å². The third-order valence-electron chi connectivity index (χ3n) is 4.10. The minimum Gasteiger partial charge on any atom is -0.490 e. The highest BCUT2D eigenvalue weighted by Gasteiger charge is 2.22. The summed E-state index contributed by atoms with van der Waals surface area (Å²) in [4.78, 5) is 23.4. The molecule has 0 saturated carbocycles. The summed E-state index contributed by atoms with van der Waals surface area (Å²) in [5.74, 6) is 0.814. The molecule has 3 rings (SSSR count). The molecular formula is C17H23N5O3. The maximum atomic E-state index is 12.2. The van der Waals surface area contributed by atoms with Gasteiger partial charge >= 0.3 is 6.03 Å². The van der Waals surface area contributed by atoms with Gasteiger partial charge in [0.15, 0.2) is 0 Å². The van der Waals surface area contributed by atoms with E-state index in [0.717, 1.165) is 29.4 Å². The number of methoxy groups -OCH3 is 1. The fourth-order valence-corrected chi connectivity index (χ4v) is 2.83. The van der Waals surface area contributed by atoms with Crippen LogP contribution >= 0.6 is 0 Å². The molecule has 1 aliphatic rings. The van der Waals surface area contributed by atoms with E-state index >= 15 is 0 Å². The number of rotatable bonds is 6. The van der Waals surface area contributed by atoms with Crippen molar-refractivity contribution in [1.82, 2.24) is 15.3 Å². The molecule has 2 N–H and O–H groups in total. The number of benzene rings is 1. The number of aromatic nitrogens is 2. The second kappa shape index (κ2) is 7.89. The lowest BCUT2D eigenvalue weighted by molar-refractivity contribution is 0.202. The number of nitrogens with zero attached hydrogens (tertiary/aromatic N) is 3. The Morgan fingerprint density at radius 1 is 1.52 bits per heavy atom. The lowest BCUT2D eigenvalue weighted by atomic mass is 10.2. The molecule has 0 unspecified atom stereocenters. The highest BCUT2D eigenvalue weighted by atomic mass is 16.5. The summed E-state index contributed by atoms with van der Waals surface area (Å²) in [5.41, 5.74) is 2.71. The van der Waals surface area contributed by atoms with Gasteiger partial charge in [0.2, 0.25) is 0 Å². The van der Waals surface area contributed by atoms with Crippen LogP contribution in [-0.4, -0.2) is 56.5 Å². The number of urea groups is 1. The van der Waals surface area contributed by atoms with Gasteiger partial charge in [-0.1, -0.05) is 0 Å². The quantitative estimate of drug-likeness (QED) is 0.831. The molecule has 1 aromatic carbocycles. The van der Waals surface area contributed by atoms with E-state index in [-0.39, 0.29) is 6.03 Å². The molecule has 0 radical (unpaired) electrons. The average Bonchev–Trinajstić information content (AvgIpc) is 3.15. The minimum atomic E-state index is -0.174. The van der Waals surface area contributed by atoms with E-state index in [1.54, 1.807) is 25.4 Å². The van der Waals surface area contributed by atoms with Crippen molar-refractivity contribution < 1.29 is 14.3 Å². The van der Waals surface area contributed by atoms with Gasteiger partial charge in [-0.15, -0.1) is 0 Å². The first-order valence-electron chi connectivity index (χ1n) is 8.20. The normalized spacial score (nSPS) is 13.1. The van der Waals surface area contributed by atoms with Crippen LogP contribution in [0.1, 0.15) is 5.69 Å². The van der Waals surface area contributed by atoms with Crippen molar-refractivity contribution in [1.29, 1.82) is 0 Å². The third-order valence-corrected chi connectivity index (χ3v) is 4.10. The van der Waals surface area contributed by atoms with E-state index in [2.05, 4.69) is 20.2 Å². The Balaban J connectivity index is 1.88. The topological polar surface area (TPSA) is 82.7 Å². The SMILES string of the molecule is CNC(=O)N(CCOC)c1ccc2c(c1)N(Cc1c[nH]cn1)CCO2. The van der Waals surface area contributed by atoms with Crippen LogP contribution in [0.5, 0.6) is 5.75 Å². The number of aromatic amines is 1. The minimum absolute atomic E-state index is 0.174. The summed E-state index contributed by atoms with van der Waals surface area (Å²) in [6.07, 6.45) is 3.56. The summed E-state index contributed by atoms with van der Waals surface area (Å²) >= 11 is 0. The van der Waals surface area contributed by atoms with Crippen LogP contribution in [0, 0.1) is 0 Å². The Morgan fingerprint density at radius 3 is 3.12 bits per heavy atom. The molecule has 2 heterocycles. The fourth-order valence-electron chi connectivity index (χ4n) is 2.83. The van der Waals surface area contributed by atoms with Crippen LogP contribution in [-0.2, 0) is 11.3 Å². The zero-order valence-electron chi connectivity index (χ0n) is 14.5. The smallest absolute Gasteiger partial charge is 0.321 e. The summed E-state index contributed by atoms with van der Waals surface area (Å²) in [6, 6.07) is 5.60. The molecule has 0 spiro atoms. The van der Waals surface area contributed by atoms with Crippen molar-refractivity contribution >= 4 is 17.4 Å². The maximum Gasteiger partial charge on any atom is 0.321 e. The van der Waals surface area contributed by atoms with Gasteiger partial charge in [-0.2, -0.15) is 0 Å². The molecule has 0 aliphatic carbocycles. The molecule has 134 valence electrons. The standard InChI is InChI=1S/C17H23N5O3/c1-18-17(23)22(6-7-24-2)14-3-4-16-15(9-14)21(5-8-25-16)11-13-10-19-12-20-13/h3-4,9-10,12H,5-8,11H2,1-2H3,(H,18,23)(H,19,20). The number of hydrogen-bond acceptors (Lipinski definition) is 5. The van der Waals surface area contributed by atoms with Gasteiger partial charge in [-0.25, -0.2) is 9.78 Å². The zero-order valence-corrected chi connectivity index (χ0v) is 14.5. The van der Waals surface area contributed by atoms with Crippen molar-refractivity contribution in [2.75, 3.05) is 50.3 Å². The molecule has 0 bridgehead atoms. The molecule has 8 heteroatoms. The second-order valence-electron chi connectivity index (χ2n) is 5.68. The number of carbonyl (C=O) groups excluding carboxylic acids is 1. The van der Waals surface area contributed by atoms with Gasteiger partial charge in [-0.05, 0) is 18.2 Å². The van der Waals surface area contributed by atoms with Crippen LogP contribution < -0.4 is 19.9 Å². The Kier molecular flexibility index (Phi) is 5.39. The molecule has 2 aromatic rings. The highest BCUT2D eigenvalue weighted by Crippen LogP contribution is 2.36. The molecule has 1 aliphatic heterocycles. The van der Waals surface area contributed by atoms with Gasteiger partial charge in [0.1, 0.15) is 12.4 Å². The number of H-pyrrole nitrogens is 1. The first-order chi connectivity index (χ1) is 12.2. The largest absolute Gasteiger partial charge is 0.490 e. The van der Waals surface area contributed by atoms with E-state index in [1.165, 1.54) is 0 Å². The van der Waals surface area contributed by atoms with Crippen molar-refractivity contribution in [2.45, 2.75) is 6.54 Å². The Hall–Kier alpha value is -2.74. The Bertz CT molecular complexity index is 704. The predicted molar refractivity (Wildman–Crippen MR) is 95.3 cm³/mol. The number of amides is 2. The van der Waals surface area contributed by atoms with Crippen molar-refractivity contribution in [3.05, 3.63) is 36.4 Å². The molecule has 25 heavy (non-hydrogen) atoms. The first-order valence-corrected chi connectivity index (χ1v) is 8.20. The molecule has 2 amide bonds. The van der Waals surface area contributed by atoms with Crippen LogP contribution in [0.15, 0.2) is 30.7 Å². The molecule has 0 saturated heterocycles. The first kappa shape index (κ1) is 17.1. The second-order valence-corrected chi connectivity index (χ2v) is 5.68. The maximum absolute atomic E-state index is 12.2. The number of ether oxygens (including phenoxy) is 2. The summed E-state index contributed by atoms with van der Waals surface area (Å²) < 4.78 is 10.9. The number of hydrogen-bond donors (Lipinski definition) is 2. The van der Waals surface area contributed by atoms with E-state index in [9.17, 15) is 4.79 Å². The van der Waals surface area contributed by atoms with E-state index in [0.29, 0.717) is 26.3 Å². The van der Waals surface area contributed by atoms with Crippen LogP contribution in [0.2, 0.25) is 0 Å². The van der Waals surface area contributed by atoms with Gasteiger partial charge in [0, 0.05) is 26.0 Å².